The van der Waals surface area contributed by atoms with Gasteiger partial charge in [0.15, 0.2) is 0 Å². The smallest absolute Gasteiger partial charge is 0.123 e. The van der Waals surface area contributed by atoms with Crippen molar-refractivity contribution in [3.63, 3.8) is 0 Å². The largest absolute Gasteiger partial charge is 0.378 e. The number of aliphatic hydroxyl groups is 1. The second-order valence-corrected chi connectivity index (χ2v) is 5.61. The summed E-state index contributed by atoms with van der Waals surface area (Å²) in [5.74, 6) is 6.40. The van der Waals surface area contributed by atoms with E-state index in [0.717, 1.165) is 17.5 Å². The fourth-order valence-electron chi connectivity index (χ4n) is 1.75. The Hall–Kier alpha value is -0.970. The molecule has 0 aliphatic carbocycles. The van der Waals surface area contributed by atoms with Crippen molar-refractivity contribution in [3.8, 4) is 11.8 Å². The summed E-state index contributed by atoms with van der Waals surface area (Å²) >= 11 is 6.04. The molecule has 0 radical (unpaired) electrons. The van der Waals surface area contributed by atoms with Gasteiger partial charge < -0.3 is 5.11 Å². The molecule has 1 N–H and O–H groups in total. The van der Waals surface area contributed by atoms with Crippen LogP contribution in [0, 0.1) is 24.7 Å². The van der Waals surface area contributed by atoms with Gasteiger partial charge in [-0.15, -0.1) is 0 Å². The highest BCUT2D eigenvalue weighted by Crippen LogP contribution is 2.19. The van der Waals surface area contributed by atoms with Crippen molar-refractivity contribution in [1.29, 1.82) is 0 Å². The van der Waals surface area contributed by atoms with Crippen molar-refractivity contribution in [2.24, 2.45) is 5.92 Å². The lowest BCUT2D eigenvalue weighted by Crippen LogP contribution is -2.24. The number of rotatable bonds is 3. The number of hydrogen-bond acceptors (Lipinski definition) is 1. The third kappa shape index (κ3) is 4.72. The van der Waals surface area contributed by atoms with E-state index < -0.39 is 5.60 Å². The first-order valence-corrected chi connectivity index (χ1v) is 6.73. The Bertz CT molecular complexity index is 466. The van der Waals surface area contributed by atoms with Crippen molar-refractivity contribution in [3.05, 3.63) is 34.3 Å². The van der Waals surface area contributed by atoms with Crippen LogP contribution < -0.4 is 0 Å². The molecule has 0 spiro atoms. The van der Waals surface area contributed by atoms with Gasteiger partial charge in [0.05, 0.1) is 0 Å². The van der Waals surface area contributed by atoms with E-state index in [9.17, 15) is 5.11 Å². The molecule has 1 rings (SSSR count). The molecule has 98 valence electrons. The normalized spacial score (nSPS) is 15.4. The summed E-state index contributed by atoms with van der Waals surface area (Å²) < 4.78 is 0. The van der Waals surface area contributed by atoms with Gasteiger partial charge in [0.25, 0.3) is 0 Å². The Kier molecular flexibility index (Phi) is 5.26. The molecule has 1 nitrogen and oxygen atoms in total. The SMILES string of the molecule is CCC(C)CC(C)(O)C#Cc1ccc(C)c(Cl)c1. The average Bonchev–Trinajstić information content (AvgIpc) is 2.30. The van der Waals surface area contributed by atoms with Crippen LogP contribution in [0.4, 0.5) is 0 Å². The van der Waals surface area contributed by atoms with Crippen molar-refractivity contribution < 1.29 is 5.11 Å². The molecule has 0 aromatic heterocycles. The number of halogens is 1. The lowest BCUT2D eigenvalue weighted by atomic mass is 9.92. The van der Waals surface area contributed by atoms with E-state index in [1.165, 1.54) is 0 Å². The first kappa shape index (κ1) is 15.1. The molecule has 0 aliphatic heterocycles. The van der Waals surface area contributed by atoms with Crippen LogP contribution in [0.2, 0.25) is 5.02 Å². The van der Waals surface area contributed by atoms with Gasteiger partial charge in [-0.05, 0) is 43.9 Å². The fourth-order valence-corrected chi connectivity index (χ4v) is 1.93. The second kappa shape index (κ2) is 6.27. The van der Waals surface area contributed by atoms with Crippen molar-refractivity contribution in [2.45, 2.75) is 46.1 Å². The minimum Gasteiger partial charge on any atom is -0.378 e. The highest BCUT2D eigenvalue weighted by Gasteiger charge is 2.19. The molecular weight excluding hydrogens is 244 g/mol. The van der Waals surface area contributed by atoms with Crippen LogP contribution in [0.25, 0.3) is 0 Å². The second-order valence-electron chi connectivity index (χ2n) is 5.21. The zero-order valence-corrected chi connectivity index (χ0v) is 12.3. The standard InChI is InChI=1S/C16H21ClO/c1-5-12(2)11-16(4,18)9-8-14-7-6-13(3)15(17)10-14/h6-7,10,12,18H,5,11H2,1-4H3. The predicted octanol–water partition coefficient (Wildman–Crippen LogP) is 4.19. The van der Waals surface area contributed by atoms with Crippen molar-refractivity contribution in [1.82, 2.24) is 0 Å². The van der Waals surface area contributed by atoms with Gasteiger partial charge >= 0.3 is 0 Å². The van der Waals surface area contributed by atoms with E-state index >= 15 is 0 Å². The van der Waals surface area contributed by atoms with Gasteiger partial charge in [-0.2, -0.15) is 0 Å². The zero-order chi connectivity index (χ0) is 13.8. The quantitative estimate of drug-likeness (QED) is 0.812. The van der Waals surface area contributed by atoms with Gasteiger partial charge in [-0.1, -0.05) is 49.8 Å². The monoisotopic (exact) mass is 264 g/mol. The van der Waals surface area contributed by atoms with Crippen LogP contribution in [-0.4, -0.2) is 10.7 Å². The average molecular weight is 265 g/mol. The molecule has 0 saturated heterocycles. The van der Waals surface area contributed by atoms with Crippen molar-refractivity contribution in [2.75, 3.05) is 0 Å². The Morgan fingerprint density at radius 1 is 1.44 bits per heavy atom. The van der Waals surface area contributed by atoms with E-state index in [0.29, 0.717) is 17.4 Å². The molecule has 0 bridgehead atoms. The molecule has 2 heteroatoms. The Morgan fingerprint density at radius 2 is 2.11 bits per heavy atom. The van der Waals surface area contributed by atoms with E-state index in [4.69, 9.17) is 11.6 Å². The minimum absolute atomic E-state index is 0.468. The summed E-state index contributed by atoms with van der Waals surface area (Å²) in [6.45, 7) is 7.97. The van der Waals surface area contributed by atoms with E-state index in [1.807, 2.05) is 25.1 Å². The molecule has 1 aromatic carbocycles. The summed E-state index contributed by atoms with van der Waals surface area (Å²) in [4.78, 5) is 0. The highest BCUT2D eigenvalue weighted by molar-refractivity contribution is 6.31. The molecule has 0 fully saturated rings. The molecule has 0 saturated carbocycles. The first-order chi connectivity index (χ1) is 8.34. The van der Waals surface area contributed by atoms with E-state index in [-0.39, 0.29) is 0 Å². The number of aryl methyl sites for hydroxylation is 1. The lowest BCUT2D eigenvalue weighted by Gasteiger charge is -2.20. The summed E-state index contributed by atoms with van der Waals surface area (Å²) in [7, 11) is 0. The van der Waals surface area contributed by atoms with Crippen LogP contribution in [0.1, 0.15) is 44.7 Å². The van der Waals surface area contributed by atoms with Crippen LogP contribution in [0.15, 0.2) is 18.2 Å². The molecular formula is C16H21ClO. The Morgan fingerprint density at radius 3 is 2.67 bits per heavy atom. The third-order valence-electron chi connectivity index (χ3n) is 3.09. The molecule has 0 aliphatic rings. The number of hydrogen-bond donors (Lipinski definition) is 1. The van der Waals surface area contributed by atoms with Gasteiger partial charge in [-0.25, -0.2) is 0 Å². The lowest BCUT2D eigenvalue weighted by molar-refractivity contribution is 0.0939. The Labute approximate surface area is 115 Å². The van der Waals surface area contributed by atoms with Crippen LogP contribution >= 0.6 is 11.6 Å². The van der Waals surface area contributed by atoms with Gasteiger partial charge in [0.2, 0.25) is 0 Å². The van der Waals surface area contributed by atoms with E-state index in [2.05, 4.69) is 25.7 Å². The summed E-state index contributed by atoms with van der Waals surface area (Å²) in [5, 5.41) is 10.9. The molecule has 2 unspecified atom stereocenters. The molecule has 0 heterocycles. The maximum atomic E-state index is 10.2. The molecule has 18 heavy (non-hydrogen) atoms. The minimum atomic E-state index is -0.938. The summed E-state index contributed by atoms with van der Waals surface area (Å²) in [6, 6.07) is 5.70. The zero-order valence-electron chi connectivity index (χ0n) is 11.5. The summed E-state index contributed by atoms with van der Waals surface area (Å²) in [6.07, 6.45) is 1.74. The van der Waals surface area contributed by atoms with E-state index in [1.54, 1.807) is 6.92 Å². The highest BCUT2D eigenvalue weighted by atomic mass is 35.5. The maximum absolute atomic E-state index is 10.2. The van der Waals surface area contributed by atoms with Crippen LogP contribution in [0.5, 0.6) is 0 Å². The predicted molar refractivity (Wildman–Crippen MR) is 77.8 cm³/mol. The fraction of sp³-hybridized carbons (Fsp3) is 0.500. The molecule has 0 amide bonds. The van der Waals surface area contributed by atoms with Gasteiger partial charge in [0.1, 0.15) is 5.60 Å². The summed E-state index contributed by atoms with van der Waals surface area (Å²) in [5.41, 5.74) is 0.941. The molecule has 2 atom stereocenters. The number of benzene rings is 1. The van der Waals surface area contributed by atoms with Gasteiger partial charge in [0, 0.05) is 10.6 Å². The topological polar surface area (TPSA) is 20.2 Å². The van der Waals surface area contributed by atoms with Crippen molar-refractivity contribution >= 4 is 11.6 Å². The maximum Gasteiger partial charge on any atom is 0.123 e. The third-order valence-corrected chi connectivity index (χ3v) is 3.50. The Balaban J connectivity index is 2.83. The van der Waals surface area contributed by atoms with Gasteiger partial charge in [-0.3, -0.25) is 0 Å². The van der Waals surface area contributed by atoms with Crippen LogP contribution in [0.3, 0.4) is 0 Å². The molecule has 1 aromatic rings. The van der Waals surface area contributed by atoms with Crippen LogP contribution in [-0.2, 0) is 0 Å². The first-order valence-electron chi connectivity index (χ1n) is 6.36.